The molecule has 5 atom stereocenters. The van der Waals surface area contributed by atoms with E-state index in [1.54, 1.807) is 0 Å². The molecule has 0 aliphatic rings. The van der Waals surface area contributed by atoms with Crippen LogP contribution in [0.1, 0.15) is 39.2 Å². The zero-order chi connectivity index (χ0) is 26.8. The van der Waals surface area contributed by atoms with Gasteiger partial charge in [-0.15, -0.1) is 0 Å². The van der Waals surface area contributed by atoms with Crippen molar-refractivity contribution in [3.63, 3.8) is 0 Å². The maximum atomic E-state index is 13.0. The van der Waals surface area contributed by atoms with Crippen LogP contribution in [0.5, 0.6) is 0 Å². The summed E-state index contributed by atoms with van der Waals surface area (Å²) in [6.07, 6.45) is 4.82. The molecule has 5 unspecified atom stereocenters. The number of carbonyl (C=O) groups is 4. The van der Waals surface area contributed by atoms with E-state index in [4.69, 9.17) is 5.73 Å². The highest BCUT2D eigenvalue weighted by molar-refractivity contribution is 7.98. The first-order valence-corrected chi connectivity index (χ1v) is 13.4. The van der Waals surface area contributed by atoms with Crippen molar-refractivity contribution in [2.75, 3.05) is 12.0 Å². The molecule has 36 heavy (non-hydrogen) atoms. The lowest BCUT2D eigenvalue weighted by Crippen LogP contribution is -2.58. The van der Waals surface area contributed by atoms with Crippen LogP contribution in [0.3, 0.4) is 0 Å². The SMILES string of the molecule is CCC(C)C(NC(=O)C(N)Cc1c[nH]c2ccccc12)C(=O)NC(C)C(=O)NC(CCSC)C(=O)O. The van der Waals surface area contributed by atoms with Crippen molar-refractivity contribution in [1.29, 1.82) is 0 Å². The van der Waals surface area contributed by atoms with Gasteiger partial charge < -0.3 is 31.8 Å². The number of amides is 3. The molecular formula is C25H37N5O5S. The highest BCUT2D eigenvalue weighted by Crippen LogP contribution is 2.19. The van der Waals surface area contributed by atoms with E-state index in [1.807, 2.05) is 50.6 Å². The van der Waals surface area contributed by atoms with Crippen LogP contribution in [0.2, 0.25) is 0 Å². The van der Waals surface area contributed by atoms with Crippen LogP contribution in [0.25, 0.3) is 10.9 Å². The van der Waals surface area contributed by atoms with E-state index in [0.717, 1.165) is 16.5 Å². The molecule has 3 amide bonds. The first-order chi connectivity index (χ1) is 17.1. The number of thioether (sulfide) groups is 1. The van der Waals surface area contributed by atoms with E-state index in [-0.39, 0.29) is 18.8 Å². The van der Waals surface area contributed by atoms with Crippen LogP contribution in [0, 0.1) is 5.92 Å². The molecule has 0 saturated heterocycles. The van der Waals surface area contributed by atoms with Crippen LogP contribution >= 0.6 is 11.8 Å². The third-order valence-corrected chi connectivity index (χ3v) is 6.87. The number of H-pyrrole nitrogens is 1. The second kappa shape index (κ2) is 13.9. The van der Waals surface area contributed by atoms with Crippen molar-refractivity contribution in [1.82, 2.24) is 20.9 Å². The summed E-state index contributed by atoms with van der Waals surface area (Å²) in [6, 6.07) is 3.89. The second-order valence-corrected chi connectivity index (χ2v) is 9.94. The Kier molecular flexibility index (Phi) is 11.3. The van der Waals surface area contributed by atoms with Crippen LogP contribution in [-0.2, 0) is 25.6 Å². The van der Waals surface area contributed by atoms with E-state index in [2.05, 4.69) is 20.9 Å². The summed E-state index contributed by atoms with van der Waals surface area (Å²) in [5.74, 6) is -2.40. The van der Waals surface area contributed by atoms with Gasteiger partial charge in [-0.3, -0.25) is 14.4 Å². The molecule has 0 aliphatic carbocycles. The predicted molar refractivity (Wildman–Crippen MR) is 142 cm³/mol. The summed E-state index contributed by atoms with van der Waals surface area (Å²) in [4.78, 5) is 53.0. The smallest absolute Gasteiger partial charge is 0.326 e. The number of nitrogens with two attached hydrogens (primary N) is 1. The number of fused-ring (bicyclic) bond motifs is 1. The molecule has 0 spiro atoms. The van der Waals surface area contributed by atoms with Crippen molar-refractivity contribution in [2.24, 2.45) is 11.7 Å². The normalized spacial score (nSPS) is 15.4. The Bertz CT molecular complexity index is 1060. The molecule has 0 saturated carbocycles. The minimum absolute atomic E-state index is 0.224. The molecule has 2 rings (SSSR count). The largest absolute Gasteiger partial charge is 0.480 e. The fourth-order valence-corrected chi connectivity index (χ4v) is 4.22. The van der Waals surface area contributed by atoms with Crippen LogP contribution in [0.4, 0.5) is 0 Å². The Morgan fingerprint density at radius 3 is 2.39 bits per heavy atom. The van der Waals surface area contributed by atoms with Gasteiger partial charge in [0, 0.05) is 17.1 Å². The summed E-state index contributed by atoms with van der Waals surface area (Å²) >= 11 is 1.48. The highest BCUT2D eigenvalue weighted by atomic mass is 32.2. The van der Waals surface area contributed by atoms with Crippen molar-refractivity contribution >= 4 is 46.4 Å². The minimum Gasteiger partial charge on any atom is -0.480 e. The first kappa shape index (κ1) is 29.2. The Hall–Kier alpha value is -3.05. The number of carbonyl (C=O) groups excluding carboxylic acids is 3. The van der Waals surface area contributed by atoms with Gasteiger partial charge in [0.25, 0.3) is 0 Å². The average molecular weight is 520 g/mol. The summed E-state index contributed by atoms with van der Waals surface area (Å²) in [5.41, 5.74) is 8.03. The van der Waals surface area contributed by atoms with Crippen LogP contribution < -0.4 is 21.7 Å². The van der Waals surface area contributed by atoms with Gasteiger partial charge in [-0.05, 0) is 49.3 Å². The Labute approximate surface area is 215 Å². The summed E-state index contributed by atoms with van der Waals surface area (Å²) < 4.78 is 0. The molecule has 198 valence electrons. The van der Waals surface area contributed by atoms with Crippen molar-refractivity contribution in [3.05, 3.63) is 36.0 Å². The molecule has 10 nitrogen and oxygen atoms in total. The molecule has 1 heterocycles. The number of carboxylic acids is 1. The molecular weight excluding hydrogens is 482 g/mol. The van der Waals surface area contributed by atoms with Gasteiger partial charge in [0.05, 0.1) is 6.04 Å². The number of nitrogens with one attached hydrogen (secondary N) is 4. The molecule has 7 N–H and O–H groups in total. The van der Waals surface area contributed by atoms with E-state index in [1.165, 1.54) is 18.7 Å². The number of hydrogen-bond donors (Lipinski definition) is 6. The summed E-state index contributed by atoms with van der Waals surface area (Å²) in [6.45, 7) is 5.19. The zero-order valence-electron chi connectivity index (χ0n) is 21.2. The molecule has 0 aliphatic heterocycles. The van der Waals surface area contributed by atoms with E-state index < -0.39 is 47.9 Å². The monoisotopic (exact) mass is 519 g/mol. The number of aromatic nitrogens is 1. The van der Waals surface area contributed by atoms with E-state index >= 15 is 0 Å². The first-order valence-electron chi connectivity index (χ1n) is 12.0. The van der Waals surface area contributed by atoms with E-state index in [0.29, 0.717) is 12.2 Å². The number of benzene rings is 1. The zero-order valence-corrected chi connectivity index (χ0v) is 22.0. The fraction of sp³-hybridized carbons (Fsp3) is 0.520. The molecule has 0 bridgehead atoms. The van der Waals surface area contributed by atoms with Crippen molar-refractivity contribution in [3.8, 4) is 0 Å². The Balaban J connectivity index is 2.02. The molecule has 2 aromatic rings. The maximum Gasteiger partial charge on any atom is 0.326 e. The number of aromatic amines is 1. The number of carboxylic acid groups (broad SMARTS) is 1. The van der Waals surface area contributed by atoms with Crippen molar-refractivity contribution < 1.29 is 24.3 Å². The van der Waals surface area contributed by atoms with Crippen LogP contribution in [0.15, 0.2) is 30.5 Å². The van der Waals surface area contributed by atoms with Gasteiger partial charge in [0.15, 0.2) is 0 Å². The van der Waals surface area contributed by atoms with Gasteiger partial charge in [0.2, 0.25) is 17.7 Å². The Morgan fingerprint density at radius 2 is 1.75 bits per heavy atom. The molecule has 11 heteroatoms. The standard InChI is InChI=1S/C25H37N5O5S/c1-5-14(2)21(24(33)28-15(3)22(31)29-20(25(34)35)10-11-36-4)30-23(32)18(26)12-16-13-27-19-9-7-6-8-17(16)19/h6-9,13-15,18,20-21,27H,5,10-12,26H2,1-4H3,(H,28,33)(H,29,31)(H,30,32)(H,34,35). The lowest BCUT2D eigenvalue weighted by atomic mass is 9.97. The van der Waals surface area contributed by atoms with Gasteiger partial charge >= 0.3 is 5.97 Å². The average Bonchev–Trinajstić information content (AvgIpc) is 3.26. The molecule has 1 aromatic heterocycles. The number of aliphatic carboxylic acids is 1. The molecule has 1 aromatic carbocycles. The third-order valence-electron chi connectivity index (χ3n) is 6.22. The number of hydrogen-bond acceptors (Lipinski definition) is 6. The quantitative estimate of drug-likeness (QED) is 0.219. The lowest BCUT2D eigenvalue weighted by Gasteiger charge is -2.27. The second-order valence-electron chi connectivity index (χ2n) is 8.95. The Morgan fingerprint density at radius 1 is 1.06 bits per heavy atom. The topological polar surface area (TPSA) is 166 Å². The van der Waals surface area contributed by atoms with Gasteiger partial charge in [-0.1, -0.05) is 38.5 Å². The minimum atomic E-state index is -1.13. The number of para-hydroxylation sites is 1. The lowest BCUT2D eigenvalue weighted by molar-refractivity contribution is -0.142. The fourth-order valence-electron chi connectivity index (χ4n) is 3.75. The highest BCUT2D eigenvalue weighted by Gasteiger charge is 2.31. The van der Waals surface area contributed by atoms with Gasteiger partial charge in [0.1, 0.15) is 18.1 Å². The summed E-state index contributed by atoms with van der Waals surface area (Å²) in [7, 11) is 0. The van der Waals surface area contributed by atoms with Gasteiger partial charge in [-0.2, -0.15) is 11.8 Å². The summed E-state index contributed by atoms with van der Waals surface area (Å²) in [5, 5.41) is 18.1. The number of rotatable bonds is 14. The molecule has 0 fully saturated rings. The van der Waals surface area contributed by atoms with E-state index in [9.17, 15) is 24.3 Å². The maximum absolute atomic E-state index is 13.0. The van der Waals surface area contributed by atoms with Crippen LogP contribution in [-0.4, -0.2) is 70.0 Å². The third kappa shape index (κ3) is 7.99. The van der Waals surface area contributed by atoms with Crippen molar-refractivity contribution in [2.45, 2.75) is 64.2 Å². The predicted octanol–water partition coefficient (Wildman–Crippen LogP) is 1.40. The molecule has 0 radical (unpaired) electrons. The van der Waals surface area contributed by atoms with Gasteiger partial charge in [-0.25, -0.2) is 4.79 Å².